The second-order valence-electron chi connectivity index (χ2n) is 9.41. The van der Waals surface area contributed by atoms with E-state index in [2.05, 4.69) is 15.5 Å². The van der Waals surface area contributed by atoms with E-state index in [0.717, 1.165) is 0 Å². The molecule has 0 fully saturated rings. The molecule has 210 valence electrons. The number of anilines is 2. The molecule has 0 aliphatic rings. The summed E-state index contributed by atoms with van der Waals surface area (Å²) in [6, 6.07) is 11.4. The van der Waals surface area contributed by atoms with Crippen molar-refractivity contribution in [2.24, 2.45) is 22.1 Å². The Bertz CT molecular complexity index is 1360. The van der Waals surface area contributed by atoms with Crippen molar-refractivity contribution >= 4 is 52.2 Å². The number of nitrogens with zero attached hydrogens (tertiary/aromatic N) is 5. The van der Waals surface area contributed by atoms with E-state index >= 15 is 0 Å². The Morgan fingerprint density at radius 3 is 1.82 bits per heavy atom. The highest BCUT2D eigenvalue weighted by molar-refractivity contribution is 6.32. The Labute approximate surface area is 238 Å². The van der Waals surface area contributed by atoms with E-state index in [0.29, 0.717) is 5.69 Å². The van der Waals surface area contributed by atoms with Crippen molar-refractivity contribution in [1.82, 2.24) is 0 Å². The standard InChI is InChI=1S/C28H31ClN6O5/c1-15(2)27(37)39-18(6)35(19(7)40-28(38)16(3)4)20-8-10-25(26(12-20)32-17(5)36)34-33-24-11-9-23(29)21(13-30)22(24)14-31/h8-12,15-16,18-19H,1-7H3,(H,32,36). The Morgan fingerprint density at radius 2 is 1.35 bits per heavy atom. The number of esters is 2. The molecule has 0 bridgehead atoms. The predicted octanol–water partition coefficient (Wildman–Crippen LogP) is 6.35. The van der Waals surface area contributed by atoms with Crippen LogP contribution in [0.2, 0.25) is 5.02 Å². The lowest BCUT2D eigenvalue weighted by atomic mass is 10.1. The predicted molar refractivity (Wildman–Crippen MR) is 149 cm³/mol. The number of ether oxygens (including phenoxy) is 2. The molecule has 0 saturated heterocycles. The largest absolute Gasteiger partial charge is 0.442 e. The van der Waals surface area contributed by atoms with Crippen LogP contribution in [0.1, 0.15) is 59.6 Å². The first-order chi connectivity index (χ1) is 18.8. The van der Waals surface area contributed by atoms with Crippen LogP contribution in [0.25, 0.3) is 0 Å². The van der Waals surface area contributed by atoms with Crippen LogP contribution in [0, 0.1) is 34.5 Å². The molecule has 0 saturated carbocycles. The summed E-state index contributed by atoms with van der Waals surface area (Å²) < 4.78 is 11.2. The second kappa shape index (κ2) is 14.1. The first kappa shape index (κ1) is 31.7. The molecule has 0 heterocycles. The fraction of sp³-hybridized carbons (Fsp3) is 0.393. The molecule has 0 aromatic heterocycles. The van der Waals surface area contributed by atoms with Crippen molar-refractivity contribution < 1.29 is 23.9 Å². The minimum Gasteiger partial charge on any atom is -0.442 e. The molecule has 0 aliphatic heterocycles. The van der Waals surface area contributed by atoms with Gasteiger partial charge in [0, 0.05) is 12.6 Å². The van der Waals surface area contributed by atoms with E-state index in [1.54, 1.807) is 64.6 Å². The van der Waals surface area contributed by atoms with Crippen molar-refractivity contribution in [2.45, 2.75) is 60.9 Å². The minimum atomic E-state index is -0.848. The molecule has 0 spiro atoms. The van der Waals surface area contributed by atoms with Crippen molar-refractivity contribution in [2.75, 3.05) is 10.2 Å². The van der Waals surface area contributed by atoms with Crippen molar-refractivity contribution in [1.29, 1.82) is 10.5 Å². The normalized spacial score (nSPS) is 12.4. The van der Waals surface area contributed by atoms with Crippen LogP contribution < -0.4 is 10.2 Å². The van der Waals surface area contributed by atoms with Gasteiger partial charge in [-0.05, 0) is 44.2 Å². The summed E-state index contributed by atoms with van der Waals surface area (Å²) in [5, 5.41) is 30.0. The molecular weight excluding hydrogens is 536 g/mol. The number of carbonyl (C=O) groups is 3. The lowest BCUT2D eigenvalue weighted by Crippen LogP contribution is -2.46. The third-order valence-corrected chi connectivity index (χ3v) is 5.83. The number of amides is 1. The first-order valence-corrected chi connectivity index (χ1v) is 12.8. The number of azo groups is 1. The number of nitriles is 2. The third kappa shape index (κ3) is 8.01. The van der Waals surface area contributed by atoms with Crippen LogP contribution in [0.5, 0.6) is 0 Å². The fourth-order valence-corrected chi connectivity index (χ4v) is 3.68. The summed E-state index contributed by atoms with van der Waals surface area (Å²) in [5.74, 6) is -2.05. The highest BCUT2D eigenvalue weighted by Gasteiger charge is 2.28. The number of halogens is 1. The van der Waals surface area contributed by atoms with Gasteiger partial charge in [-0.3, -0.25) is 14.4 Å². The highest BCUT2D eigenvalue weighted by atomic mass is 35.5. The molecule has 2 aromatic carbocycles. The number of benzene rings is 2. The van der Waals surface area contributed by atoms with Gasteiger partial charge in [-0.15, -0.1) is 10.2 Å². The zero-order valence-electron chi connectivity index (χ0n) is 23.4. The summed E-state index contributed by atoms with van der Waals surface area (Å²) in [5.41, 5.74) is 0.984. The summed E-state index contributed by atoms with van der Waals surface area (Å²) in [7, 11) is 0. The van der Waals surface area contributed by atoms with Crippen LogP contribution in [-0.2, 0) is 23.9 Å². The van der Waals surface area contributed by atoms with E-state index in [1.165, 1.54) is 19.1 Å². The molecular formula is C28H31ClN6O5. The van der Waals surface area contributed by atoms with E-state index in [1.807, 2.05) is 12.1 Å². The van der Waals surface area contributed by atoms with Crippen molar-refractivity contribution in [3.8, 4) is 12.1 Å². The smallest absolute Gasteiger partial charge is 0.310 e. The monoisotopic (exact) mass is 566 g/mol. The van der Waals surface area contributed by atoms with Crippen LogP contribution in [0.15, 0.2) is 40.6 Å². The van der Waals surface area contributed by atoms with Gasteiger partial charge in [0.05, 0.1) is 33.7 Å². The van der Waals surface area contributed by atoms with Gasteiger partial charge in [-0.1, -0.05) is 39.3 Å². The van der Waals surface area contributed by atoms with Crippen LogP contribution >= 0.6 is 11.6 Å². The zero-order valence-corrected chi connectivity index (χ0v) is 24.1. The zero-order chi connectivity index (χ0) is 30.1. The molecule has 2 aromatic rings. The quantitative estimate of drug-likeness (QED) is 0.198. The van der Waals surface area contributed by atoms with Gasteiger partial charge >= 0.3 is 11.9 Å². The fourth-order valence-electron chi connectivity index (χ4n) is 3.48. The van der Waals surface area contributed by atoms with E-state index < -0.39 is 30.3 Å². The molecule has 40 heavy (non-hydrogen) atoms. The Hall–Kier alpha value is -4.48. The van der Waals surface area contributed by atoms with E-state index in [4.69, 9.17) is 21.1 Å². The van der Waals surface area contributed by atoms with Gasteiger partial charge in [0.1, 0.15) is 23.5 Å². The van der Waals surface area contributed by atoms with Crippen molar-refractivity contribution in [3.05, 3.63) is 46.5 Å². The molecule has 2 unspecified atom stereocenters. The lowest BCUT2D eigenvalue weighted by Gasteiger charge is -2.36. The molecule has 2 rings (SSSR count). The second-order valence-corrected chi connectivity index (χ2v) is 9.82. The Balaban J connectivity index is 2.59. The molecule has 0 aliphatic carbocycles. The van der Waals surface area contributed by atoms with Gasteiger partial charge in [-0.25, -0.2) is 0 Å². The average molecular weight is 567 g/mol. The number of carbonyl (C=O) groups excluding carboxylic acids is 3. The van der Waals surface area contributed by atoms with Gasteiger partial charge in [-0.2, -0.15) is 10.5 Å². The molecule has 2 atom stereocenters. The van der Waals surface area contributed by atoms with Crippen molar-refractivity contribution in [3.63, 3.8) is 0 Å². The van der Waals surface area contributed by atoms with Gasteiger partial charge in [0.15, 0.2) is 12.5 Å². The number of rotatable bonds is 10. The number of hydrogen-bond donors (Lipinski definition) is 1. The van der Waals surface area contributed by atoms with Gasteiger partial charge in [0.25, 0.3) is 0 Å². The average Bonchev–Trinajstić information content (AvgIpc) is 2.87. The van der Waals surface area contributed by atoms with Crippen LogP contribution in [0.3, 0.4) is 0 Å². The Kier molecular flexibility index (Phi) is 11.2. The summed E-state index contributed by atoms with van der Waals surface area (Å²) in [4.78, 5) is 38.3. The molecule has 12 heteroatoms. The van der Waals surface area contributed by atoms with Gasteiger partial charge < -0.3 is 19.7 Å². The molecule has 1 amide bonds. The summed E-state index contributed by atoms with van der Waals surface area (Å²) in [6.45, 7) is 11.4. The maximum Gasteiger partial charge on any atom is 0.310 e. The SMILES string of the molecule is CC(=O)Nc1cc(N(C(C)OC(=O)C(C)C)C(C)OC(=O)C(C)C)ccc1N=Nc1ccc(Cl)c(C#N)c1C#N. The van der Waals surface area contributed by atoms with Crippen LogP contribution in [0.4, 0.5) is 22.7 Å². The third-order valence-electron chi connectivity index (χ3n) is 5.51. The summed E-state index contributed by atoms with van der Waals surface area (Å²) in [6.07, 6.45) is -1.70. The topological polar surface area (TPSA) is 157 Å². The number of hydrogen-bond acceptors (Lipinski definition) is 10. The van der Waals surface area contributed by atoms with E-state index in [-0.39, 0.29) is 45.0 Å². The maximum absolute atomic E-state index is 12.4. The van der Waals surface area contributed by atoms with Gasteiger partial charge in [0.2, 0.25) is 5.91 Å². The lowest BCUT2D eigenvalue weighted by molar-refractivity contribution is -0.157. The number of nitrogens with one attached hydrogen (secondary N) is 1. The minimum absolute atomic E-state index is 0.0245. The molecule has 1 N–H and O–H groups in total. The first-order valence-electron chi connectivity index (χ1n) is 12.5. The molecule has 0 radical (unpaired) electrons. The Morgan fingerprint density at radius 1 is 0.850 bits per heavy atom. The molecule has 11 nitrogen and oxygen atoms in total. The van der Waals surface area contributed by atoms with E-state index in [9.17, 15) is 24.9 Å². The summed E-state index contributed by atoms with van der Waals surface area (Å²) >= 11 is 6.01. The highest BCUT2D eigenvalue weighted by Crippen LogP contribution is 2.35. The van der Waals surface area contributed by atoms with Crippen LogP contribution in [-0.4, -0.2) is 30.3 Å². The maximum atomic E-state index is 12.4.